The zero-order chi connectivity index (χ0) is 18.3. The summed E-state index contributed by atoms with van der Waals surface area (Å²) >= 11 is 1.34. The van der Waals surface area contributed by atoms with Gasteiger partial charge in [-0.3, -0.25) is 24.6 Å². The van der Waals surface area contributed by atoms with Crippen LogP contribution in [0.15, 0.2) is 54.7 Å². The maximum Gasteiger partial charge on any atom is 0.269 e. The molecule has 8 heteroatoms. The third-order valence-electron chi connectivity index (χ3n) is 4.07. The molecule has 7 nitrogen and oxygen atoms in total. The zero-order valence-electron chi connectivity index (χ0n) is 13.3. The highest BCUT2D eigenvalue weighted by Gasteiger charge is 2.35. The summed E-state index contributed by atoms with van der Waals surface area (Å²) in [5.74, 6) is -0.619. The normalized spacial score (nSPS) is 13.2. The molecule has 128 valence electrons. The molecule has 2 amide bonds. The van der Waals surface area contributed by atoms with Crippen molar-refractivity contribution in [1.82, 2.24) is 9.88 Å². The SMILES string of the molecule is O=C1c2ccccc2C(=O)N1Cc1cnc(-c2ccc([N+](=O)[O-])cc2)s1. The van der Waals surface area contributed by atoms with Gasteiger partial charge in [0.2, 0.25) is 0 Å². The number of rotatable bonds is 4. The summed E-state index contributed by atoms with van der Waals surface area (Å²) in [6.07, 6.45) is 1.62. The molecule has 0 atom stereocenters. The Hall–Kier alpha value is -3.39. The molecule has 2 aromatic carbocycles. The standard InChI is InChI=1S/C18H11N3O4S/c22-17-14-3-1-2-4-15(14)18(23)20(17)10-13-9-19-16(26-13)11-5-7-12(8-6-11)21(24)25/h1-9H,10H2. The van der Waals surface area contributed by atoms with E-state index in [0.717, 1.165) is 10.4 Å². The number of nitro benzene ring substituents is 1. The number of carbonyl (C=O) groups is 2. The van der Waals surface area contributed by atoms with Crippen LogP contribution < -0.4 is 0 Å². The second-order valence-corrected chi connectivity index (χ2v) is 6.79. The number of carbonyl (C=O) groups excluding carboxylic acids is 2. The first-order valence-electron chi connectivity index (χ1n) is 7.69. The Morgan fingerprint density at radius 1 is 1.00 bits per heavy atom. The molecule has 0 spiro atoms. The van der Waals surface area contributed by atoms with Crippen molar-refractivity contribution in [1.29, 1.82) is 0 Å². The van der Waals surface area contributed by atoms with Gasteiger partial charge in [0, 0.05) is 28.8 Å². The molecule has 0 bridgehead atoms. The van der Waals surface area contributed by atoms with Crippen LogP contribution in [-0.4, -0.2) is 26.6 Å². The van der Waals surface area contributed by atoms with Crippen LogP contribution in [0.4, 0.5) is 5.69 Å². The van der Waals surface area contributed by atoms with Crippen molar-refractivity contribution in [3.05, 3.63) is 80.8 Å². The zero-order valence-corrected chi connectivity index (χ0v) is 14.1. The Balaban J connectivity index is 1.55. The maximum atomic E-state index is 12.4. The highest BCUT2D eigenvalue weighted by molar-refractivity contribution is 7.15. The second kappa shape index (κ2) is 6.16. The number of thiazole rings is 1. The molecular formula is C18H11N3O4S. The molecule has 2 heterocycles. The third kappa shape index (κ3) is 2.66. The van der Waals surface area contributed by atoms with Crippen LogP contribution in [0, 0.1) is 10.1 Å². The summed E-state index contributed by atoms with van der Waals surface area (Å²) in [5, 5.41) is 11.4. The summed E-state index contributed by atoms with van der Waals surface area (Å²) in [5.41, 5.74) is 1.58. The predicted molar refractivity (Wildman–Crippen MR) is 94.9 cm³/mol. The molecule has 0 aliphatic carbocycles. The highest BCUT2D eigenvalue weighted by atomic mass is 32.1. The Morgan fingerprint density at radius 3 is 2.19 bits per heavy atom. The molecule has 0 saturated heterocycles. The van der Waals surface area contributed by atoms with Gasteiger partial charge in [-0.05, 0) is 24.3 Å². The molecule has 0 saturated carbocycles. The van der Waals surface area contributed by atoms with E-state index in [4.69, 9.17) is 0 Å². The van der Waals surface area contributed by atoms with Crippen molar-refractivity contribution in [2.75, 3.05) is 0 Å². The lowest BCUT2D eigenvalue weighted by atomic mass is 10.1. The van der Waals surface area contributed by atoms with Gasteiger partial charge in [0.25, 0.3) is 17.5 Å². The van der Waals surface area contributed by atoms with Gasteiger partial charge in [-0.2, -0.15) is 0 Å². The van der Waals surface area contributed by atoms with Gasteiger partial charge in [0.1, 0.15) is 5.01 Å². The average molecular weight is 365 g/mol. The molecule has 4 rings (SSSR count). The molecule has 0 N–H and O–H groups in total. The Kier molecular flexibility index (Phi) is 3.81. The largest absolute Gasteiger partial charge is 0.269 e. The van der Waals surface area contributed by atoms with Crippen LogP contribution in [-0.2, 0) is 6.54 Å². The van der Waals surface area contributed by atoms with Crippen molar-refractivity contribution in [3.63, 3.8) is 0 Å². The van der Waals surface area contributed by atoms with Gasteiger partial charge in [0.05, 0.1) is 22.6 Å². The highest BCUT2D eigenvalue weighted by Crippen LogP contribution is 2.30. The number of fused-ring (bicyclic) bond motifs is 1. The topological polar surface area (TPSA) is 93.4 Å². The van der Waals surface area contributed by atoms with Gasteiger partial charge in [-0.25, -0.2) is 4.98 Å². The smallest absolute Gasteiger partial charge is 0.269 e. The number of non-ortho nitro benzene ring substituents is 1. The lowest BCUT2D eigenvalue weighted by Crippen LogP contribution is -2.28. The minimum absolute atomic E-state index is 0.0107. The molecule has 0 fully saturated rings. The quantitative estimate of drug-likeness (QED) is 0.401. The van der Waals surface area contributed by atoms with Crippen LogP contribution in [0.25, 0.3) is 10.6 Å². The molecular weight excluding hydrogens is 354 g/mol. The molecule has 26 heavy (non-hydrogen) atoms. The van der Waals surface area contributed by atoms with E-state index < -0.39 is 4.92 Å². The lowest BCUT2D eigenvalue weighted by Gasteiger charge is -2.11. The van der Waals surface area contributed by atoms with Crippen LogP contribution in [0.2, 0.25) is 0 Å². The number of imide groups is 1. The first-order valence-corrected chi connectivity index (χ1v) is 8.51. The second-order valence-electron chi connectivity index (χ2n) is 5.68. The number of nitrogens with zero attached hydrogens (tertiary/aromatic N) is 3. The molecule has 1 aliphatic heterocycles. The number of hydrogen-bond donors (Lipinski definition) is 0. The van der Waals surface area contributed by atoms with Crippen LogP contribution in [0.3, 0.4) is 0 Å². The molecule has 1 aromatic heterocycles. The monoisotopic (exact) mass is 365 g/mol. The first-order chi connectivity index (χ1) is 12.5. The lowest BCUT2D eigenvalue weighted by molar-refractivity contribution is -0.384. The van der Waals surface area contributed by atoms with E-state index in [9.17, 15) is 19.7 Å². The Labute approximate surface area is 151 Å². The number of amides is 2. The maximum absolute atomic E-state index is 12.4. The number of aromatic nitrogens is 1. The van der Waals surface area contributed by atoms with E-state index in [0.29, 0.717) is 16.1 Å². The van der Waals surface area contributed by atoms with E-state index >= 15 is 0 Å². The van der Waals surface area contributed by atoms with Gasteiger partial charge in [0.15, 0.2) is 0 Å². The minimum atomic E-state index is -0.459. The third-order valence-corrected chi connectivity index (χ3v) is 5.10. The first kappa shape index (κ1) is 16.1. The number of hydrogen-bond acceptors (Lipinski definition) is 6. The fourth-order valence-corrected chi connectivity index (χ4v) is 3.69. The summed E-state index contributed by atoms with van der Waals surface area (Å²) in [6, 6.07) is 12.8. The van der Waals surface area contributed by atoms with Crippen LogP contribution in [0.1, 0.15) is 25.6 Å². The van der Waals surface area contributed by atoms with Crippen molar-refractivity contribution >= 4 is 28.8 Å². The summed E-state index contributed by atoms with van der Waals surface area (Å²) < 4.78 is 0. The van der Waals surface area contributed by atoms with Crippen LogP contribution >= 0.6 is 11.3 Å². The fourth-order valence-electron chi connectivity index (χ4n) is 2.78. The molecule has 1 aliphatic rings. The van der Waals surface area contributed by atoms with Crippen molar-refractivity contribution in [3.8, 4) is 10.6 Å². The van der Waals surface area contributed by atoms with E-state index in [1.165, 1.54) is 28.4 Å². The number of nitro groups is 1. The van der Waals surface area contributed by atoms with Crippen molar-refractivity contribution in [2.24, 2.45) is 0 Å². The minimum Gasteiger partial charge on any atom is -0.269 e. The fraction of sp³-hybridized carbons (Fsp3) is 0.0556. The van der Waals surface area contributed by atoms with E-state index in [1.54, 1.807) is 42.6 Å². The summed E-state index contributed by atoms with van der Waals surface area (Å²) in [6.45, 7) is 0.150. The van der Waals surface area contributed by atoms with E-state index in [1.807, 2.05) is 0 Å². The van der Waals surface area contributed by atoms with Gasteiger partial charge in [-0.15, -0.1) is 11.3 Å². The molecule has 0 radical (unpaired) electrons. The summed E-state index contributed by atoms with van der Waals surface area (Å²) in [7, 11) is 0. The summed E-state index contributed by atoms with van der Waals surface area (Å²) in [4.78, 5) is 41.4. The van der Waals surface area contributed by atoms with Gasteiger partial charge in [-0.1, -0.05) is 12.1 Å². The molecule has 3 aromatic rings. The van der Waals surface area contributed by atoms with Crippen molar-refractivity contribution in [2.45, 2.75) is 6.54 Å². The molecule has 0 unspecified atom stereocenters. The van der Waals surface area contributed by atoms with Gasteiger partial charge >= 0.3 is 0 Å². The van der Waals surface area contributed by atoms with Crippen LogP contribution in [0.5, 0.6) is 0 Å². The van der Waals surface area contributed by atoms with Gasteiger partial charge < -0.3 is 0 Å². The number of benzene rings is 2. The van der Waals surface area contributed by atoms with E-state index in [-0.39, 0.29) is 24.0 Å². The Bertz CT molecular complexity index is 1010. The van der Waals surface area contributed by atoms with E-state index in [2.05, 4.69) is 4.98 Å². The average Bonchev–Trinajstić information content (AvgIpc) is 3.22. The predicted octanol–water partition coefficient (Wildman–Crippen LogP) is 3.51. The van der Waals surface area contributed by atoms with Crippen molar-refractivity contribution < 1.29 is 14.5 Å². The Morgan fingerprint density at radius 2 is 1.62 bits per heavy atom.